The highest BCUT2D eigenvalue weighted by Crippen LogP contribution is 2.54. The average Bonchev–Trinajstić information content (AvgIpc) is 3.44. The van der Waals surface area contributed by atoms with Crippen LogP contribution >= 0.6 is 0 Å². The van der Waals surface area contributed by atoms with Crippen LogP contribution in [0.1, 0.15) is 25.0 Å². The van der Waals surface area contributed by atoms with Gasteiger partial charge in [0.25, 0.3) is 0 Å². The van der Waals surface area contributed by atoms with Crippen LogP contribution in [-0.4, -0.2) is 44.6 Å². The third-order valence-electron chi connectivity index (χ3n) is 5.66. The summed E-state index contributed by atoms with van der Waals surface area (Å²) in [6.07, 6.45) is -1.08. The number of hydrogen-bond donors (Lipinski definition) is 0. The molecule has 0 saturated carbocycles. The van der Waals surface area contributed by atoms with E-state index in [1.165, 1.54) is 4.90 Å². The lowest BCUT2D eigenvalue weighted by molar-refractivity contribution is -0.139. The number of carbonyl (C=O) groups is 3. The fraction of sp³-hybridized carbons (Fsp3) is 0.348. The maximum Gasteiger partial charge on any atom is 0.516 e. The van der Waals surface area contributed by atoms with Crippen molar-refractivity contribution < 1.29 is 38.1 Å². The van der Waals surface area contributed by atoms with E-state index in [0.717, 1.165) is 0 Å². The fourth-order valence-electron chi connectivity index (χ4n) is 4.24. The van der Waals surface area contributed by atoms with Crippen LogP contribution in [0.3, 0.4) is 0 Å². The van der Waals surface area contributed by atoms with E-state index in [4.69, 9.17) is 23.7 Å². The summed E-state index contributed by atoms with van der Waals surface area (Å²) < 4.78 is 26.4. The maximum absolute atomic E-state index is 13.7. The minimum absolute atomic E-state index is 0.0725. The van der Waals surface area contributed by atoms with Crippen molar-refractivity contribution in [2.75, 3.05) is 31.5 Å². The number of para-hydroxylation sites is 1. The number of fused-ring (bicyclic) bond motifs is 5. The van der Waals surface area contributed by atoms with E-state index in [9.17, 15) is 14.4 Å². The summed E-state index contributed by atoms with van der Waals surface area (Å²) in [5.41, 5.74) is 0.772. The van der Waals surface area contributed by atoms with E-state index in [1.54, 1.807) is 24.3 Å². The Morgan fingerprint density at radius 1 is 1.06 bits per heavy atom. The monoisotopic (exact) mass is 439 g/mol. The number of rotatable bonds is 4. The lowest BCUT2D eigenvalue weighted by Gasteiger charge is -2.22. The van der Waals surface area contributed by atoms with Gasteiger partial charge in [0, 0.05) is 17.3 Å². The molecule has 9 heteroatoms. The number of anilines is 1. The zero-order chi connectivity index (χ0) is 22.5. The van der Waals surface area contributed by atoms with Crippen molar-refractivity contribution in [3.63, 3.8) is 0 Å². The summed E-state index contributed by atoms with van der Waals surface area (Å²) in [5, 5.41) is 0. The topological polar surface area (TPSA) is 101 Å². The molecule has 166 valence electrons. The van der Waals surface area contributed by atoms with Gasteiger partial charge >= 0.3 is 12.1 Å². The normalized spacial score (nSPS) is 19.7. The van der Waals surface area contributed by atoms with Crippen molar-refractivity contribution in [2.45, 2.75) is 19.3 Å². The van der Waals surface area contributed by atoms with Gasteiger partial charge in [0.05, 0.1) is 6.61 Å². The quantitative estimate of drug-likeness (QED) is 0.530. The molecule has 3 heterocycles. The third kappa shape index (κ3) is 3.04. The molecule has 0 saturated heterocycles. The highest BCUT2D eigenvalue weighted by Gasteiger charge is 2.57. The van der Waals surface area contributed by atoms with Crippen molar-refractivity contribution in [1.29, 1.82) is 0 Å². The number of hydrogen-bond acceptors (Lipinski definition) is 8. The molecule has 3 aliphatic rings. The first kappa shape index (κ1) is 20.2. The van der Waals surface area contributed by atoms with Crippen molar-refractivity contribution in [3.05, 3.63) is 47.5 Å². The molecular formula is C23H21NO8. The first-order valence-corrected chi connectivity index (χ1v) is 10.3. The Hall–Kier alpha value is -3.75. The van der Waals surface area contributed by atoms with E-state index < -0.39 is 24.1 Å². The fourth-order valence-corrected chi connectivity index (χ4v) is 4.24. The van der Waals surface area contributed by atoms with Gasteiger partial charge < -0.3 is 23.7 Å². The van der Waals surface area contributed by atoms with Crippen molar-refractivity contribution >= 4 is 23.7 Å². The van der Waals surface area contributed by atoms with Crippen LogP contribution in [0.4, 0.5) is 10.5 Å². The first-order valence-electron chi connectivity index (χ1n) is 10.3. The Labute approximate surface area is 183 Å². The predicted octanol–water partition coefficient (Wildman–Crippen LogP) is 2.78. The summed E-state index contributed by atoms with van der Waals surface area (Å²) in [5.74, 6) is 0.485. The Balaban J connectivity index is 1.45. The van der Waals surface area contributed by atoms with Gasteiger partial charge in [-0.15, -0.1) is 0 Å². The van der Waals surface area contributed by atoms with E-state index in [1.807, 2.05) is 26.0 Å². The van der Waals surface area contributed by atoms with Gasteiger partial charge in [-0.3, -0.25) is 9.69 Å². The van der Waals surface area contributed by atoms with E-state index in [0.29, 0.717) is 34.1 Å². The molecule has 3 aliphatic heterocycles. The number of carbonyl (C=O) groups excluding carboxylic acids is 3. The minimum Gasteiger partial charge on any atom is -0.491 e. The predicted molar refractivity (Wildman–Crippen MR) is 110 cm³/mol. The Morgan fingerprint density at radius 3 is 2.59 bits per heavy atom. The minimum atomic E-state index is -1.13. The lowest BCUT2D eigenvalue weighted by atomic mass is 9.77. The van der Waals surface area contributed by atoms with Gasteiger partial charge in [-0.25, -0.2) is 9.59 Å². The van der Waals surface area contributed by atoms with Crippen LogP contribution in [0.5, 0.6) is 17.2 Å². The van der Waals surface area contributed by atoms with Crippen LogP contribution < -0.4 is 19.1 Å². The zero-order valence-electron chi connectivity index (χ0n) is 17.6. The molecule has 1 atom stereocenters. The molecule has 32 heavy (non-hydrogen) atoms. The van der Waals surface area contributed by atoms with Gasteiger partial charge in [0.2, 0.25) is 12.7 Å². The Morgan fingerprint density at radius 2 is 1.81 bits per heavy atom. The molecule has 2 aromatic rings. The summed E-state index contributed by atoms with van der Waals surface area (Å²) in [4.78, 5) is 39.2. The number of amides is 1. The van der Waals surface area contributed by atoms with E-state index in [-0.39, 0.29) is 31.8 Å². The highest BCUT2D eigenvalue weighted by atomic mass is 16.7. The van der Waals surface area contributed by atoms with Gasteiger partial charge in [0.1, 0.15) is 24.3 Å². The second-order valence-corrected chi connectivity index (χ2v) is 8.23. The van der Waals surface area contributed by atoms with E-state index >= 15 is 0 Å². The number of nitrogens with zero attached hydrogens (tertiary/aromatic N) is 1. The molecule has 1 amide bonds. The number of benzene rings is 2. The molecule has 2 aromatic carbocycles. The summed E-state index contributed by atoms with van der Waals surface area (Å²) in [6.45, 7) is 3.59. The lowest BCUT2D eigenvalue weighted by Crippen LogP contribution is -2.44. The highest BCUT2D eigenvalue weighted by molar-refractivity contribution is 6.13. The molecule has 5 rings (SSSR count). The van der Waals surface area contributed by atoms with Crippen LogP contribution in [0, 0.1) is 5.92 Å². The van der Waals surface area contributed by atoms with Gasteiger partial charge in [-0.2, -0.15) is 0 Å². The zero-order valence-corrected chi connectivity index (χ0v) is 17.6. The molecule has 9 nitrogen and oxygen atoms in total. The molecule has 0 radical (unpaired) electrons. The van der Waals surface area contributed by atoms with Crippen molar-refractivity contribution in [3.8, 4) is 17.2 Å². The molecule has 0 fully saturated rings. The van der Waals surface area contributed by atoms with Crippen LogP contribution in [0.2, 0.25) is 0 Å². The molecule has 0 N–H and O–H groups in total. The summed E-state index contributed by atoms with van der Waals surface area (Å²) >= 11 is 0. The second kappa shape index (κ2) is 7.44. The van der Waals surface area contributed by atoms with Gasteiger partial charge in [-0.1, -0.05) is 32.0 Å². The van der Waals surface area contributed by atoms with Gasteiger partial charge in [-0.05, 0) is 23.6 Å². The molecule has 1 unspecified atom stereocenters. The first-order chi connectivity index (χ1) is 15.4. The maximum atomic E-state index is 13.7. The van der Waals surface area contributed by atoms with Crippen molar-refractivity contribution in [2.24, 2.45) is 5.92 Å². The number of ether oxygens (including phenoxy) is 5. The van der Waals surface area contributed by atoms with Gasteiger partial charge in [0.15, 0.2) is 11.5 Å². The summed E-state index contributed by atoms with van der Waals surface area (Å²) in [6, 6.07) is 10.6. The molecule has 0 aromatic heterocycles. The SMILES string of the molecule is CC(C)COC(=O)OC(=O)CN1C(=O)C2(COc3cc4c(cc32)OCO4)c2ccccc21. The largest absolute Gasteiger partial charge is 0.516 e. The van der Waals surface area contributed by atoms with Crippen LogP contribution in [0.15, 0.2) is 36.4 Å². The standard InChI is InChI=1S/C23H21NO8/c1-13(2)10-28-22(27)32-20(25)9-24-16-6-4-3-5-14(16)23(21(24)26)11-29-17-8-19-18(7-15(17)23)30-12-31-19/h3-8,13H,9-12H2,1-2H3. The van der Waals surface area contributed by atoms with Crippen molar-refractivity contribution in [1.82, 2.24) is 0 Å². The third-order valence-corrected chi connectivity index (χ3v) is 5.66. The average molecular weight is 439 g/mol. The summed E-state index contributed by atoms with van der Waals surface area (Å²) in [7, 11) is 0. The molecular weight excluding hydrogens is 418 g/mol. The molecule has 1 spiro atoms. The Bertz CT molecular complexity index is 1130. The second-order valence-electron chi connectivity index (χ2n) is 8.23. The molecule has 0 aliphatic carbocycles. The molecule has 0 bridgehead atoms. The Kier molecular flexibility index (Phi) is 4.69. The van der Waals surface area contributed by atoms with Crippen LogP contribution in [0.25, 0.3) is 0 Å². The van der Waals surface area contributed by atoms with Crippen LogP contribution in [-0.2, 0) is 24.5 Å². The number of esters is 1. The smallest absolute Gasteiger partial charge is 0.491 e. The van der Waals surface area contributed by atoms with E-state index in [2.05, 4.69) is 0 Å².